The van der Waals surface area contributed by atoms with Gasteiger partial charge in [0.25, 0.3) is 0 Å². The van der Waals surface area contributed by atoms with E-state index in [4.69, 9.17) is 0 Å². The van der Waals surface area contributed by atoms with Gasteiger partial charge in [0.2, 0.25) is 0 Å². The van der Waals surface area contributed by atoms with Gasteiger partial charge in [-0.25, -0.2) is 9.59 Å². The number of nitrogens with zero attached hydrogens (tertiary/aromatic N) is 3. The monoisotopic (exact) mass is 550 g/mol. The van der Waals surface area contributed by atoms with Crippen LogP contribution in [0.2, 0.25) is 0 Å². The SMILES string of the molecule is O=C(OC(=O)C(F)(F)F)c1c2c(nn1CCCNCCc1ccc(Br)cc1)-c1ccncc1CC2. The van der Waals surface area contributed by atoms with Crippen molar-refractivity contribution >= 4 is 27.9 Å². The van der Waals surface area contributed by atoms with E-state index in [9.17, 15) is 22.8 Å². The van der Waals surface area contributed by atoms with Crippen molar-refractivity contribution in [1.82, 2.24) is 20.1 Å². The van der Waals surface area contributed by atoms with Gasteiger partial charge in [-0.2, -0.15) is 18.3 Å². The minimum absolute atomic E-state index is 0.116. The van der Waals surface area contributed by atoms with Crippen molar-refractivity contribution in [2.45, 2.75) is 38.4 Å². The van der Waals surface area contributed by atoms with E-state index in [2.05, 4.69) is 36.1 Å². The van der Waals surface area contributed by atoms with Gasteiger partial charge in [0.05, 0.1) is 5.69 Å². The molecule has 4 rings (SSSR count). The maximum Gasteiger partial charge on any atom is 0.491 e. The summed E-state index contributed by atoms with van der Waals surface area (Å²) in [5.41, 5.74) is 3.76. The van der Waals surface area contributed by atoms with E-state index < -0.39 is 18.1 Å². The summed E-state index contributed by atoms with van der Waals surface area (Å²) in [7, 11) is 0. The molecule has 0 atom stereocenters. The van der Waals surface area contributed by atoms with Crippen molar-refractivity contribution in [2.24, 2.45) is 0 Å². The molecule has 0 amide bonds. The lowest BCUT2D eigenvalue weighted by atomic mass is 9.90. The quantitative estimate of drug-likeness (QED) is 0.256. The third-order valence-electron chi connectivity index (χ3n) is 5.69. The van der Waals surface area contributed by atoms with Crippen molar-refractivity contribution in [1.29, 1.82) is 0 Å². The topological polar surface area (TPSA) is 86.1 Å². The molecule has 0 bridgehead atoms. The Labute approximate surface area is 207 Å². The number of alkyl halides is 3. The van der Waals surface area contributed by atoms with Gasteiger partial charge in [0, 0.05) is 34.5 Å². The van der Waals surface area contributed by atoms with Crippen molar-refractivity contribution in [3.05, 3.63) is 69.6 Å². The Kier molecular flexibility index (Phi) is 7.66. The van der Waals surface area contributed by atoms with Crippen molar-refractivity contribution < 1.29 is 27.5 Å². The van der Waals surface area contributed by atoms with Crippen molar-refractivity contribution in [3.8, 4) is 11.3 Å². The largest absolute Gasteiger partial charge is 0.491 e. The molecular weight excluding hydrogens is 529 g/mol. The van der Waals surface area contributed by atoms with Crippen LogP contribution in [-0.4, -0.2) is 46.0 Å². The highest BCUT2D eigenvalue weighted by molar-refractivity contribution is 9.10. The number of hydrogen-bond acceptors (Lipinski definition) is 6. The highest BCUT2D eigenvalue weighted by Gasteiger charge is 2.43. The summed E-state index contributed by atoms with van der Waals surface area (Å²) in [6, 6.07) is 9.78. The number of hydrogen-bond donors (Lipinski definition) is 1. The van der Waals surface area contributed by atoms with Gasteiger partial charge >= 0.3 is 18.1 Å². The van der Waals surface area contributed by atoms with E-state index in [1.54, 1.807) is 18.5 Å². The average molecular weight is 551 g/mol. The molecule has 35 heavy (non-hydrogen) atoms. The van der Waals surface area contributed by atoms with Crippen LogP contribution in [0.1, 0.15) is 33.6 Å². The maximum absolute atomic E-state index is 12.7. The van der Waals surface area contributed by atoms with E-state index in [1.165, 1.54) is 10.2 Å². The van der Waals surface area contributed by atoms with Crippen LogP contribution in [0.5, 0.6) is 0 Å². The molecule has 1 aliphatic carbocycles. The van der Waals surface area contributed by atoms with Gasteiger partial charge in [0.1, 0.15) is 0 Å². The minimum Gasteiger partial charge on any atom is -0.381 e. The summed E-state index contributed by atoms with van der Waals surface area (Å²) >= 11 is 3.40. The molecule has 0 unspecified atom stereocenters. The second-order valence-electron chi connectivity index (χ2n) is 8.09. The standard InChI is InChI=1S/C24H22BrF3N4O3/c25-17-5-2-15(3-6-17)8-11-29-10-1-13-32-21(22(33)35-23(34)24(26,27)28)19-7-4-16-14-30-12-9-18(16)20(19)31-32/h2-3,5-6,9,12,14,29H,1,4,7-8,10-11,13H2. The van der Waals surface area contributed by atoms with Crippen LogP contribution < -0.4 is 5.32 Å². The molecule has 11 heteroatoms. The number of carbonyl (C=O) groups is 2. The van der Waals surface area contributed by atoms with Crippen LogP contribution in [0.3, 0.4) is 0 Å². The lowest BCUT2D eigenvalue weighted by molar-refractivity contribution is -0.193. The summed E-state index contributed by atoms with van der Waals surface area (Å²) in [6.45, 7) is 1.62. The Bertz CT molecular complexity index is 1230. The number of rotatable bonds is 8. The molecule has 0 spiro atoms. The Balaban J connectivity index is 1.45. The highest BCUT2D eigenvalue weighted by Crippen LogP contribution is 2.34. The highest BCUT2D eigenvalue weighted by atomic mass is 79.9. The molecule has 0 aliphatic heterocycles. The summed E-state index contributed by atoms with van der Waals surface area (Å²) in [4.78, 5) is 28.0. The van der Waals surface area contributed by atoms with Gasteiger partial charge in [-0.3, -0.25) is 9.67 Å². The molecule has 184 valence electrons. The van der Waals surface area contributed by atoms with Crippen LogP contribution in [0.15, 0.2) is 47.2 Å². The lowest BCUT2D eigenvalue weighted by Gasteiger charge is -2.15. The Morgan fingerprint density at radius 2 is 1.89 bits per heavy atom. The van der Waals surface area contributed by atoms with Crippen LogP contribution in [0, 0.1) is 0 Å². The molecular formula is C24H22BrF3N4O3. The second kappa shape index (κ2) is 10.7. The van der Waals surface area contributed by atoms with Gasteiger partial charge in [0.15, 0.2) is 5.69 Å². The number of aryl methyl sites for hydroxylation is 2. The van der Waals surface area contributed by atoms with Gasteiger partial charge < -0.3 is 10.1 Å². The van der Waals surface area contributed by atoms with E-state index >= 15 is 0 Å². The third-order valence-corrected chi connectivity index (χ3v) is 6.22. The van der Waals surface area contributed by atoms with Crippen LogP contribution >= 0.6 is 15.9 Å². The summed E-state index contributed by atoms with van der Waals surface area (Å²) in [6.07, 6.45) is 0.364. The second-order valence-corrected chi connectivity index (χ2v) is 9.00. The van der Waals surface area contributed by atoms with Crippen LogP contribution in [-0.2, 0) is 35.3 Å². The molecule has 0 saturated heterocycles. The molecule has 2 aromatic heterocycles. The maximum atomic E-state index is 12.7. The predicted molar refractivity (Wildman–Crippen MR) is 125 cm³/mol. The first-order valence-corrected chi connectivity index (χ1v) is 11.8. The average Bonchev–Trinajstić information content (AvgIpc) is 3.20. The summed E-state index contributed by atoms with van der Waals surface area (Å²) < 4.78 is 44.6. The molecule has 2 heterocycles. The third kappa shape index (κ3) is 5.96. The first kappa shape index (κ1) is 25.1. The number of ether oxygens (including phenoxy) is 1. The fourth-order valence-corrected chi connectivity index (χ4v) is 4.28. The van der Waals surface area contributed by atoms with Gasteiger partial charge in [-0.05, 0) is 68.1 Å². The zero-order chi connectivity index (χ0) is 25.0. The Hall–Kier alpha value is -3.05. The van der Waals surface area contributed by atoms with E-state index in [-0.39, 0.29) is 12.2 Å². The zero-order valence-electron chi connectivity index (χ0n) is 18.6. The summed E-state index contributed by atoms with van der Waals surface area (Å²) in [5, 5.41) is 7.84. The lowest BCUT2D eigenvalue weighted by Crippen LogP contribution is -2.29. The fraction of sp³-hybridized carbons (Fsp3) is 0.333. The van der Waals surface area contributed by atoms with Gasteiger partial charge in [-0.1, -0.05) is 28.1 Å². The molecule has 1 N–H and O–H groups in total. The number of halogens is 4. The number of fused-ring (bicyclic) bond motifs is 3. The molecule has 0 radical (unpaired) electrons. The molecule has 3 aromatic rings. The number of esters is 2. The van der Waals surface area contributed by atoms with E-state index in [0.29, 0.717) is 37.1 Å². The van der Waals surface area contributed by atoms with E-state index in [0.717, 1.165) is 28.6 Å². The minimum atomic E-state index is -5.27. The molecule has 0 fully saturated rings. The number of carbonyl (C=O) groups excluding carboxylic acids is 2. The number of pyridine rings is 1. The number of nitrogens with one attached hydrogen (secondary N) is 1. The smallest absolute Gasteiger partial charge is 0.381 e. The number of aromatic nitrogens is 3. The Morgan fingerprint density at radius 3 is 2.63 bits per heavy atom. The first-order valence-electron chi connectivity index (χ1n) is 11.1. The fourth-order valence-electron chi connectivity index (χ4n) is 4.01. The molecule has 1 aromatic carbocycles. The molecule has 0 saturated carbocycles. The predicted octanol–water partition coefficient (Wildman–Crippen LogP) is 4.27. The van der Waals surface area contributed by atoms with Gasteiger partial charge in [-0.15, -0.1) is 0 Å². The van der Waals surface area contributed by atoms with Crippen molar-refractivity contribution in [2.75, 3.05) is 13.1 Å². The van der Waals surface area contributed by atoms with E-state index in [1.807, 2.05) is 24.3 Å². The molecule has 7 nitrogen and oxygen atoms in total. The zero-order valence-corrected chi connectivity index (χ0v) is 20.2. The number of benzene rings is 1. The Morgan fingerprint density at radius 1 is 1.11 bits per heavy atom. The molecule has 1 aliphatic rings. The van der Waals surface area contributed by atoms with Crippen LogP contribution in [0.25, 0.3) is 11.3 Å². The van der Waals surface area contributed by atoms with Crippen LogP contribution in [0.4, 0.5) is 13.2 Å². The summed E-state index contributed by atoms with van der Waals surface area (Å²) in [5.74, 6) is -3.89. The first-order chi connectivity index (χ1) is 16.7. The normalized spacial score (nSPS) is 12.7. The van der Waals surface area contributed by atoms with Crippen molar-refractivity contribution in [3.63, 3.8) is 0 Å².